The third kappa shape index (κ3) is 5.40. The minimum atomic E-state index is -0.155. The van der Waals surface area contributed by atoms with Gasteiger partial charge in [0.25, 0.3) is 5.91 Å². The molecular formula is C18H20N2O2. The summed E-state index contributed by atoms with van der Waals surface area (Å²) < 4.78 is 0. The Morgan fingerprint density at radius 2 is 1.41 bits per heavy atom. The SMILES string of the molecule is O=C(CCNC(=O)c1ccccc1)NCCc1ccccc1. The lowest BCUT2D eigenvalue weighted by atomic mass is 10.1. The topological polar surface area (TPSA) is 58.2 Å². The van der Waals surface area contributed by atoms with E-state index in [2.05, 4.69) is 10.6 Å². The molecule has 4 heteroatoms. The molecule has 0 saturated heterocycles. The van der Waals surface area contributed by atoms with E-state index in [0.29, 0.717) is 18.7 Å². The minimum absolute atomic E-state index is 0.0516. The van der Waals surface area contributed by atoms with Crippen molar-refractivity contribution in [2.45, 2.75) is 12.8 Å². The highest BCUT2D eigenvalue weighted by molar-refractivity contribution is 5.94. The van der Waals surface area contributed by atoms with Crippen LogP contribution in [0.2, 0.25) is 0 Å². The number of amides is 2. The first-order valence-corrected chi connectivity index (χ1v) is 7.39. The number of hydrogen-bond donors (Lipinski definition) is 2. The Kier molecular flexibility index (Phi) is 6.18. The highest BCUT2D eigenvalue weighted by Crippen LogP contribution is 1.99. The summed E-state index contributed by atoms with van der Waals surface area (Å²) in [5, 5.41) is 5.59. The number of hydrogen-bond acceptors (Lipinski definition) is 2. The molecule has 0 radical (unpaired) electrons. The second-order valence-electron chi connectivity index (χ2n) is 4.96. The smallest absolute Gasteiger partial charge is 0.251 e. The van der Waals surface area contributed by atoms with Gasteiger partial charge in [0.15, 0.2) is 0 Å². The van der Waals surface area contributed by atoms with E-state index in [1.165, 1.54) is 5.56 Å². The standard InChI is InChI=1S/C18H20N2O2/c21-17(19-13-11-15-7-3-1-4-8-15)12-14-20-18(22)16-9-5-2-6-10-16/h1-10H,11-14H2,(H,19,21)(H,20,22). The first-order valence-electron chi connectivity index (χ1n) is 7.39. The summed E-state index contributed by atoms with van der Waals surface area (Å²) in [6.07, 6.45) is 1.09. The van der Waals surface area contributed by atoms with Crippen molar-refractivity contribution in [2.75, 3.05) is 13.1 Å². The molecule has 0 aliphatic rings. The molecule has 0 aliphatic carbocycles. The fraction of sp³-hybridized carbons (Fsp3) is 0.222. The first kappa shape index (κ1) is 15.8. The van der Waals surface area contributed by atoms with E-state index >= 15 is 0 Å². The van der Waals surface area contributed by atoms with E-state index in [0.717, 1.165) is 6.42 Å². The molecule has 2 amide bonds. The van der Waals surface area contributed by atoms with Gasteiger partial charge in [-0.05, 0) is 24.1 Å². The van der Waals surface area contributed by atoms with Crippen LogP contribution >= 0.6 is 0 Å². The lowest BCUT2D eigenvalue weighted by molar-refractivity contribution is -0.120. The largest absolute Gasteiger partial charge is 0.356 e. The van der Waals surface area contributed by atoms with Crippen LogP contribution in [0.3, 0.4) is 0 Å². The van der Waals surface area contributed by atoms with E-state index < -0.39 is 0 Å². The molecule has 114 valence electrons. The molecule has 0 spiro atoms. The van der Waals surface area contributed by atoms with Crippen LogP contribution in [0, 0.1) is 0 Å². The molecule has 0 fully saturated rings. The quantitative estimate of drug-likeness (QED) is 0.822. The lowest BCUT2D eigenvalue weighted by Crippen LogP contribution is -2.31. The normalized spacial score (nSPS) is 10.0. The minimum Gasteiger partial charge on any atom is -0.356 e. The predicted molar refractivity (Wildman–Crippen MR) is 86.5 cm³/mol. The summed E-state index contributed by atoms with van der Waals surface area (Å²) in [5.74, 6) is -0.207. The van der Waals surface area contributed by atoms with Crippen molar-refractivity contribution in [1.82, 2.24) is 10.6 Å². The Balaban J connectivity index is 1.61. The van der Waals surface area contributed by atoms with Crippen LogP contribution < -0.4 is 10.6 Å². The Morgan fingerprint density at radius 1 is 0.773 bits per heavy atom. The summed E-state index contributed by atoms with van der Waals surface area (Å²) >= 11 is 0. The third-order valence-corrected chi connectivity index (χ3v) is 3.25. The molecule has 0 bridgehead atoms. The highest BCUT2D eigenvalue weighted by atomic mass is 16.2. The molecule has 2 N–H and O–H groups in total. The van der Waals surface area contributed by atoms with E-state index in [1.54, 1.807) is 12.1 Å². The van der Waals surface area contributed by atoms with Gasteiger partial charge in [-0.2, -0.15) is 0 Å². The maximum Gasteiger partial charge on any atom is 0.251 e. The van der Waals surface area contributed by atoms with Gasteiger partial charge >= 0.3 is 0 Å². The number of benzene rings is 2. The van der Waals surface area contributed by atoms with Crippen LogP contribution in [0.5, 0.6) is 0 Å². The van der Waals surface area contributed by atoms with E-state index in [9.17, 15) is 9.59 Å². The van der Waals surface area contributed by atoms with Crippen molar-refractivity contribution in [3.8, 4) is 0 Å². The summed E-state index contributed by atoms with van der Waals surface area (Å²) in [6.45, 7) is 0.945. The predicted octanol–water partition coefficient (Wildman–Crippen LogP) is 2.17. The molecule has 4 nitrogen and oxygen atoms in total. The maximum atomic E-state index is 11.8. The van der Waals surface area contributed by atoms with Crippen molar-refractivity contribution in [3.63, 3.8) is 0 Å². The van der Waals surface area contributed by atoms with Crippen LogP contribution in [0.25, 0.3) is 0 Å². The average molecular weight is 296 g/mol. The molecule has 0 atom stereocenters. The van der Waals surface area contributed by atoms with Gasteiger partial charge < -0.3 is 10.6 Å². The Bertz CT molecular complexity index is 597. The van der Waals surface area contributed by atoms with Gasteiger partial charge in [0.1, 0.15) is 0 Å². The van der Waals surface area contributed by atoms with Crippen LogP contribution in [0.15, 0.2) is 60.7 Å². The summed E-state index contributed by atoms with van der Waals surface area (Å²) in [4.78, 5) is 23.5. The third-order valence-electron chi connectivity index (χ3n) is 3.25. The molecule has 0 unspecified atom stereocenters. The molecule has 2 rings (SSSR count). The fourth-order valence-electron chi connectivity index (χ4n) is 2.06. The van der Waals surface area contributed by atoms with E-state index in [1.807, 2.05) is 48.5 Å². The maximum absolute atomic E-state index is 11.8. The second kappa shape index (κ2) is 8.62. The van der Waals surface area contributed by atoms with Crippen molar-refractivity contribution in [2.24, 2.45) is 0 Å². The molecular weight excluding hydrogens is 276 g/mol. The monoisotopic (exact) mass is 296 g/mol. The summed E-state index contributed by atoms with van der Waals surface area (Å²) in [7, 11) is 0. The fourth-order valence-corrected chi connectivity index (χ4v) is 2.06. The van der Waals surface area contributed by atoms with Crippen LogP contribution in [0.1, 0.15) is 22.3 Å². The summed E-state index contributed by atoms with van der Waals surface area (Å²) in [6, 6.07) is 19.0. The Labute approximate surface area is 130 Å². The van der Waals surface area contributed by atoms with Gasteiger partial charge in [0.2, 0.25) is 5.91 Å². The van der Waals surface area contributed by atoms with Crippen LogP contribution in [0.4, 0.5) is 0 Å². The van der Waals surface area contributed by atoms with E-state index in [-0.39, 0.29) is 18.2 Å². The van der Waals surface area contributed by atoms with Crippen molar-refractivity contribution in [3.05, 3.63) is 71.8 Å². The number of carbonyl (C=O) groups excluding carboxylic acids is 2. The van der Waals surface area contributed by atoms with Gasteiger partial charge in [0, 0.05) is 25.1 Å². The lowest BCUT2D eigenvalue weighted by Gasteiger charge is -2.07. The highest BCUT2D eigenvalue weighted by Gasteiger charge is 2.05. The zero-order valence-corrected chi connectivity index (χ0v) is 12.4. The van der Waals surface area contributed by atoms with Gasteiger partial charge in [0.05, 0.1) is 0 Å². The molecule has 0 aliphatic heterocycles. The first-order chi connectivity index (χ1) is 10.8. The molecule has 2 aromatic carbocycles. The van der Waals surface area contributed by atoms with Crippen LogP contribution in [-0.4, -0.2) is 24.9 Å². The van der Waals surface area contributed by atoms with Gasteiger partial charge in [-0.1, -0.05) is 48.5 Å². The summed E-state index contributed by atoms with van der Waals surface area (Å²) in [5.41, 5.74) is 1.80. The van der Waals surface area contributed by atoms with E-state index in [4.69, 9.17) is 0 Å². The van der Waals surface area contributed by atoms with Gasteiger partial charge in [-0.15, -0.1) is 0 Å². The van der Waals surface area contributed by atoms with Crippen molar-refractivity contribution >= 4 is 11.8 Å². The molecule has 0 aromatic heterocycles. The molecule has 0 heterocycles. The second-order valence-corrected chi connectivity index (χ2v) is 4.96. The zero-order chi connectivity index (χ0) is 15.6. The molecule has 0 saturated carbocycles. The van der Waals surface area contributed by atoms with Crippen molar-refractivity contribution in [1.29, 1.82) is 0 Å². The zero-order valence-electron chi connectivity index (χ0n) is 12.4. The Morgan fingerprint density at radius 3 is 2.09 bits per heavy atom. The molecule has 2 aromatic rings. The van der Waals surface area contributed by atoms with Gasteiger partial charge in [-0.25, -0.2) is 0 Å². The van der Waals surface area contributed by atoms with Gasteiger partial charge in [-0.3, -0.25) is 9.59 Å². The number of rotatable bonds is 7. The van der Waals surface area contributed by atoms with Crippen molar-refractivity contribution < 1.29 is 9.59 Å². The number of carbonyl (C=O) groups is 2. The van der Waals surface area contributed by atoms with Crippen LogP contribution in [-0.2, 0) is 11.2 Å². The number of nitrogens with one attached hydrogen (secondary N) is 2. The molecule has 22 heavy (non-hydrogen) atoms. The average Bonchev–Trinajstić information content (AvgIpc) is 2.56. The Hall–Kier alpha value is -2.62.